The number of carboxylic acid groups (broad SMARTS) is 1. The standard InChI is InChI=1S/C12H12N2O2S/c15-12(16)8-5-6-14(7-8)11-9-3-1-2-4-10(9)13-17-11/h1-4,8H,5-7H2,(H,15,16). The number of hydrogen-bond donors (Lipinski definition) is 1. The summed E-state index contributed by atoms with van der Waals surface area (Å²) in [5.41, 5.74) is 0.992. The van der Waals surface area contributed by atoms with E-state index in [2.05, 4.69) is 9.27 Å². The van der Waals surface area contributed by atoms with Crippen LogP contribution in [-0.4, -0.2) is 28.5 Å². The topological polar surface area (TPSA) is 53.4 Å². The summed E-state index contributed by atoms with van der Waals surface area (Å²) in [6, 6.07) is 7.99. The van der Waals surface area contributed by atoms with Crippen molar-refractivity contribution in [1.82, 2.24) is 4.37 Å². The van der Waals surface area contributed by atoms with Gasteiger partial charge >= 0.3 is 5.97 Å². The average Bonchev–Trinajstić information content (AvgIpc) is 2.95. The third-order valence-electron chi connectivity index (χ3n) is 3.19. The second-order valence-corrected chi connectivity index (χ2v) is 5.03. The van der Waals surface area contributed by atoms with Gasteiger partial charge in [0.2, 0.25) is 0 Å². The van der Waals surface area contributed by atoms with Gasteiger partial charge in [-0.2, -0.15) is 4.37 Å². The van der Waals surface area contributed by atoms with E-state index in [-0.39, 0.29) is 5.92 Å². The Labute approximate surface area is 103 Å². The zero-order valence-electron chi connectivity index (χ0n) is 9.17. The maximum Gasteiger partial charge on any atom is 0.308 e. The molecule has 17 heavy (non-hydrogen) atoms. The molecule has 1 aromatic carbocycles. The summed E-state index contributed by atoms with van der Waals surface area (Å²) in [6.07, 6.45) is 0.724. The molecule has 2 aromatic rings. The van der Waals surface area contributed by atoms with Crippen molar-refractivity contribution in [2.45, 2.75) is 6.42 Å². The van der Waals surface area contributed by atoms with Gasteiger partial charge in [0, 0.05) is 18.5 Å². The van der Waals surface area contributed by atoms with Crippen molar-refractivity contribution >= 4 is 33.4 Å². The zero-order valence-corrected chi connectivity index (χ0v) is 9.98. The molecule has 3 rings (SSSR count). The van der Waals surface area contributed by atoms with Gasteiger partial charge in [-0.25, -0.2) is 0 Å². The van der Waals surface area contributed by atoms with Crippen LogP contribution < -0.4 is 4.90 Å². The highest BCUT2D eigenvalue weighted by Crippen LogP contribution is 2.34. The van der Waals surface area contributed by atoms with Crippen LogP contribution in [0.15, 0.2) is 24.3 Å². The van der Waals surface area contributed by atoms with Crippen molar-refractivity contribution in [3.05, 3.63) is 24.3 Å². The van der Waals surface area contributed by atoms with Gasteiger partial charge in [0.05, 0.1) is 11.4 Å². The molecule has 0 aliphatic carbocycles. The molecule has 1 fully saturated rings. The monoisotopic (exact) mass is 248 g/mol. The number of hydrogen-bond acceptors (Lipinski definition) is 4. The molecule has 0 amide bonds. The third-order valence-corrected chi connectivity index (χ3v) is 4.13. The van der Waals surface area contributed by atoms with Crippen molar-refractivity contribution in [3.63, 3.8) is 0 Å². The second kappa shape index (κ2) is 4.00. The molecule has 0 bridgehead atoms. The number of carboxylic acids is 1. The molecule has 0 spiro atoms. The van der Waals surface area contributed by atoms with Gasteiger partial charge in [-0.05, 0) is 30.1 Å². The molecule has 5 heteroatoms. The van der Waals surface area contributed by atoms with Crippen LogP contribution in [0.2, 0.25) is 0 Å². The van der Waals surface area contributed by atoms with Gasteiger partial charge in [-0.3, -0.25) is 4.79 Å². The summed E-state index contributed by atoms with van der Waals surface area (Å²) >= 11 is 1.46. The first-order valence-electron chi connectivity index (χ1n) is 5.58. The summed E-state index contributed by atoms with van der Waals surface area (Å²) in [5.74, 6) is -0.933. The molecule has 88 valence electrons. The van der Waals surface area contributed by atoms with Crippen LogP contribution in [0.1, 0.15) is 6.42 Å². The summed E-state index contributed by atoms with van der Waals surface area (Å²) in [5, 5.41) is 11.2. The summed E-state index contributed by atoms with van der Waals surface area (Å²) in [6.45, 7) is 1.41. The Morgan fingerprint density at radius 1 is 1.47 bits per heavy atom. The number of aliphatic carboxylic acids is 1. The van der Waals surface area contributed by atoms with Gasteiger partial charge in [-0.15, -0.1) is 0 Å². The van der Waals surface area contributed by atoms with Crippen LogP contribution in [0.4, 0.5) is 5.00 Å². The molecule has 0 radical (unpaired) electrons. The lowest BCUT2D eigenvalue weighted by Gasteiger charge is -2.15. The maximum absolute atomic E-state index is 10.9. The lowest BCUT2D eigenvalue weighted by molar-refractivity contribution is -0.140. The van der Waals surface area contributed by atoms with Gasteiger partial charge in [0.25, 0.3) is 0 Å². The van der Waals surface area contributed by atoms with E-state index >= 15 is 0 Å². The molecule has 1 aliphatic heterocycles. The average molecular weight is 248 g/mol. The number of benzene rings is 1. The quantitative estimate of drug-likeness (QED) is 0.885. The van der Waals surface area contributed by atoms with Crippen molar-refractivity contribution in [1.29, 1.82) is 0 Å². The largest absolute Gasteiger partial charge is 0.481 e. The highest BCUT2D eigenvalue weighted by Gasteiger charge is 2.29. The van der Waals surface area contributed by atoms with E-state index < -0.39 is 5.97 Å². The first-order chi connectivity index (χ1) is 8.25. The Hall–Kier alpha value is -1.62. The van der Waals surface area contributed by atoms with Crippen LogP contribution in [-0.2, 0) is 4.79 Å². The Bertz CT molecular complexity index is 566. The van der Waals surface area contributed by atoms with Crippen LogP contribution in [0, 0.1) is 5.92 Å². The third kappa shape index (κ3) is 1.76. The van der Waals surface area contributed by atoms with E-state index in [1.54, 1.807) is 0 Å². The first kappa shape index (κ1) is 10.5. The Morgan fingerprint density at radius 2 is 2.29 bits per heavy atom. The number of fused-ring (bicyclic) bond motifs is 1. The number of carbonyl (C=O) groups is 1. The second-order valence-electron chi connectivity index (χ2n) is 4.27. The minimum atomic E-state index is -0.693. The fourth-order valence-electron chi connectivity index (χ4n) is 2.25. The molecule has 1 unspecified atom stereocenters. The molecule has 1 atom stereocenters. The summed E-state index contributed by atoms with van der Waals surface area (Å²) in [7, 11) is 0. The summed E-state index contributed by atoms with van der Waals surface area (Å²) < 4.78 is 4.39. The molecule has 1 aliphatic rings. The van der Waals surface area contributed by atoms with Crippen LogP contribution >= 0.6 is 11.5 Å². The van der Waals surface area contributed by atoms with Gasteiger partial charge in [-0.1, -0.05) is 12.1 Å². The molecule has 2 heterocycles. The van der Waals surface area contributed by atoms with Crippen molar-refractivity contribution in [2.24, 2.45) is 5.92 Å². The van der Waals surface area contributed by atoms with Gasteiger partial charge in [0.15, 0.2) is 0 Å². The SMILES string of the molecule is O=C(O)C1CCN(c2snc3ccccc23)C1. The Kier molecular flexibility index (Phi) is 2.48. The fraction of sp³-hybridized carbons (Fsp3) is 0.333. The van der Waals surface area contributed by atoms with Crippen LogP contribution in [0.5, 0.6) is 0 Å². The summed E-state index contributed by atoms with van der Waals surface area (Å²) in [4.78, 5) is 13.1. The van der Waals surface area contributed by atoms with E-state index in [9.17, 15) is 4.79 Å². The molecule has 0 saturated carbocycles. The maximum atomic E-state index is 10.9. The number of nitrogens with zero attached hydrogens (tertiary/aromatic N) is 2. The molecular weight excluding hydrogens is 236 g/mol. The van der Waals surface area contributed by atoms with Crippen molar-refractivity contribution in [2.75, 3.05) is 18.0 Å². The molecule has 1 aromatic heterocycles. The first-order valence-corrected chi connectivity index (χ1v) is 6.35. The van der Waals surface area contributed by atoms with E-state index in [0.29, 0.717) is 6.54 Å². The predicted octanol–water partition coefficient (Wildman–Crippen LogP) is 2.21. The highest BCUT2D eigenvalue weighted by molar-refractivity contribution is 7.11. The van der Waals surface area contributed by atoms with Crippen LogP contribution in [0.25, 0.3) is 10.9 Å². The zero-order chi connectivity index (χ0) is 11.8. The van der Waals surface area contributed by atoms with E-state index in [0.717, 1.165) is 28.9 Å². The smallest absolute Gasteiger partial charge is 0.308 e. The number of rotatable bonds is 2. The number of anilines is 1. The Morgan fingerprint density at radius 3 is 3.06 bits per heavy atom. The minimum Gasteiger partial charge on any atom is -0.481 e. The molecule has 4 nitrogen and oxygen atoms in total. The minimum absolute atomic E-state index is 0.240. The lowest BCUT2D eigenvalue weighted by Crippen LogP contribution is -2.21. The highest BCUT2D eigenvalue weighted by atomic mass is 32.1. The fourth-order valence-corrected chi connectivity index (χ4v) is 3.15. The lowest BCUT2D eigenvalue weighted by atomic mass is 10.1. The Balaban J connectivity index is 1.93. The predicted molar refractivity (Wildman–Crippen MR) is 67.6 cm³/mol. The van der Waals surface area contributed by atoms with Crippen molar-refractivity contribution in [3.8, 4) is 0 Å². The van der Waals surface area contributed by atoms with Crippen molar-refractivity contribution < 1.29 is 9.90 Å². The molecule has 1 saturated heterocycles. The molecular formula is C12H12N2O2S. The van der Waals surface area contributed by atoms with Crippen LogP contribution in [0.3, 0.4) is 0 Å². The molecule has 1 N–H and O–H groups in total. The van der Waals surface area contributed by atoms with Gasteiger partial charge in [0.1, 0.15) is 5.00 Å². The van der Waals surface area contributed by atoms with Gasteiger partial charge < -0.3 is 10.0 Å². The van der Waals surface area contributed by atoms with E-state index in [4.69, 9.17) is 5.11 Å². The van der Waals surface area contributed by atoms with E-state index in [1.807, 2.05) is 24.3 Å². The number of aromatic nitrogens is 1. The normalized spacial score (nSPS) is 20.0. The van der Waals surface area contributed by atoms with E-state index in [1.165, 1.54) is 11.5 Å².